The van der Waals surface area contributed by atoms with E-state index in [0.29, 0.717) is 31.5 Å². The lowest BCUT2D eigenvalue weighted by molar-refractivity contribution is -0.132. The van der Waals surface area contributed by atoms with E-state index in [1.54, 1.807) is 12.3 Å². The number of carbonyl (C=O) groups is 1. The molecule has 0 saturated carbocycles. The van der Waals surface area contributed by atoms with Gasteiger partial charge >= 0.3 is 0 Å². The fourth-order valence-corrected chi connectivity index (χ4v) is 4.45. The van der Waals surface area contributed by atoms with Gasteiger partial charge in [0.25, 0.3) is 0 Å². The standard InChI is InChI=1S/C24H23F2N3O3/c25-19-6-5-16(11-20(19)26)18-12-27-28-24(18)17-2-1-9-29(13-17)23(30)8-4-15-3-7-21-22(10-15)32-14-31-21/h3,5-7,10-12,17H,1-2,4,8-9,13-14H2,(H,27,28)/t17-/m0/s1. The van der Waals surface area contributed by atoms with Crippen molar-refractivity contribution >= 4 is 5.91 Å². The highest BCUT2D eigenvalue weighted by Crippen LogP contribution is 2.35. The molecule has 1 aromatic heterocycles. The second-order valence-corrected chi connectivity index (χ2v) is 8.19. The van der Waals surface area contributed by atoms with Gasteiger partial charge in [-0.3, -0.25) is 9.89 Å². The van der Waals surface area contributed by atoms with E-state index in [1.165, 1.54) is 6.07 Å². The van der Waals surface area contributed by atoms with E-state index in [0.717, 1.165) is 47.2 Å². The lowest BCUT2D eigenvalue weighted by Crippen LogP contribution is -2.39. The van der Waals surface area contributed by atoms with Crippen LogP contribution in [0.2, 0.25) is 0 Å². The molecule has 2 aliphatic rings. The van der Waals surface area contributed by atoms with Gasteiger partial charge in [0.1, 0.15) is 0 Å². The van der Waals surface area contributed by atoms with Gasteiger partial charge in [0.2, 0.25) is 12.7 Å². The van der Waals surface area contributed by atoms with Crippen LogP contribution in [0.15, 0.2) is 42.6 Å². The first-order valence-electron chi connectivity index (χ1n) is 10.7. The Bertz CT molecular complexity index is 1150. The molecule has 1 fully saturated rings. The Morgan fingerprint density at radius 2 is 2.00 bits per heavy atom. The van der Waals surface area contributed by atoms with E-state index >= 15 is 0 Å². The molecule has 32 heavy (non-hydrogen) atoms. The monoisotopic (exact) mass is 439 g/mol. The van der Waals surface area contributed by atoms with Crippen LogP contribution in [0.1, 0.15) is 36.4 Å². The number of ether oxygens (including phenoxy) is 2. The van der Waals surface area contributed by atoms with Crippen molar-refractivity contribution in [2.24, 2.45) is 0 Å². The molecule has 1 atom stereocenters. The molecule has 6 nitrogen and oxygen atoms in total. The zero-order valence-electron chi connectivity index (χ0n) is 17.4. The van der Waals surface area contributed by atoms with Gasteiger partial charge in [-0.2, -0.15) is 5.10 Å². The predicted octanol–water partition coefficient (Wildman–Crippen LogP) is 4.42. The van der Waals surface area contributed by atoms with Crippen molar-refractivity contribution in [3.05, 3.63) is 65.5 Å². The number of nitrogens with one attached hydrogen (secondary N) is 1. The number of benzene rings is 2. The molecule has 5 rings (SSSR count). The summed E-state index contributed by atoms with van der Waals surface area (Å²) in [4.78, 5) is 14.8. The van der Waals surface area contributed by atoms with Crippen LogP contribution < -0.4 is 9.47 Å². The Kier molecular flexibility index (Phi) is 5.51. The van der Waals surface area contributed by atoms with Crippen molar-refractivity contribution in [2.75, 3.05) is 19.9 Å². The van der Waals surface area contributed by atoms with Gasteiger partial charge in [0.05, 0.1) is 6.20 Å². The Morgan fingerprint density at radius 1 is 1.12 bits per heavy atom. The van der Waals surface area contributed by atoms with Crippen molar-refractivity contribution < 1.29 is 23.0 Å². The van der Waals surface area contributed by atoms with E-state index in [-0.39, 0.29) is 18.6 Å². The molecule has 1 saturated heterocycles. The van der Waals surface area contributed by atoms with Gasteiger partial charge in [-0.05, 0) is 54.7 Å². The zero-order valence-corrected chi connectivity index (χ0v) is 17.4. The number of aryl methyl sites for hydroxylation is 1. The van der Waals surface area contributed by atoms with Gasteiger partial charge in [-0.25, -0.2) is 8.78 Å². The van der Waals surface area contributed by atoms with E-state index in [4.69, 9.17) is 9.47 Å². The number of fused-ring (bicyclic) bond motifs is 1. The van der Waals surface area contributed by atoms with Gasteiger partial charge < -0.3 is 14.4 Å². The van der Waals surface area contributed by atoms with Crippen LogP contribution in [0.5, 0.6) is 11.5 Å². The molecule has 0 radical (unpaired) electrons. The number of carbonyl (C=O) groups excluding carboxylic acids is 1. The van der Waals surface area contributed by atoms with Crippen molar-refractivity contribution in [3.8, 4) is 22.6 Å². The molecule has 2 aromatic carbocycles. The number of piperidine rings is 1. The van der Waals surface area contributed by atoms with Gasteiger partial charge in [0.15, 0.2) is 23.1 Å². The highest BCUT2D eigenvalue weighted by molar-refractivity contribution is 5.77. The maximum atomic E-state index is 13.7. The lowest BCUT2D eigenvalue weighted by Gasteiger charge is -2.33. The number of amides is 1. The van der Waals surface area contributed by atoms with E-state index in [2.05, 4.69) is 10.2 Å². The number of aromatic nitrogens is 2. The molecule has 3 heterocycles. The molecule has 8 heteroatoms. The second kappa shape index (κ2) is 8.61. The number of hydrogen-bond donors (Lipinski definition) is 1. The Labute approximate surface area is 184 Å². The minimum absolute atomic E-state index is 0.0591. The van der Waals surface area contributed by atoms with Crippen LogP contribution in [-0.4, -0.2) is 40.9 Å². The molecular weight excluding hydrogens is 416 g/mol. The van der Waals surface area contributed by atoms with E-state index < -0.39 is 11.6 Å². The summed E-state index contributed by atoms with van der Waals surface area (Å²) in [5, 5.41) is 7.15. The number of nitrogens with zero attached hydrogens (tertiary/aromatic N) is 2. The smallest absolute Gasteiger partial charge is 0.231 e. The third-order valence-electron chi connectivity index (χ3n) is 6.15. The van der Waals surface area contributed by atoms with Crippen molar-refractivity contribution in [3.63, 3.8) is 0 Å². The van der Waals surface area contributed by atoms with E-state index in [9.17, 15) is 13.6 Å². The number of halogens is 2. The molecule has 2 aliphatic heterocycles. The van der Waals surface area contributed by atoms with Crippen LogP contribution in [-0.2, 0) is 11.2 Å². The summed E-state index contributed by atoms with van der Waals surface area (Å²) in [6, 6.07) is 9.60. The molecule has 0 bridgehead atoms. The number of hydrogen-bond acceptors (Lipinski definition) is 4. The van der Waals surface area contributed by atoms with Crippen molar-refractivity contribution in [1.82, 2.24) is 15.1 Å². The fourth-order valence-electron chi connectivity index (χ4n) is 4.45. The maximum Gasteiger partial charge on any atom is 0.231 e. The van der Waals surface area contributed by atoms with Crippen LogP contribution >= 0.6 is 0 Å². The first kappa shape index (κ1) is 20.5. The second-order valence-electron chi connectivity index (χ2n) is 8.19. The van der Waals surface area contributed by atoms with Crippen LogP contribution in [0, 0.1) is 11.6 Å². The molecule has 0 spiro atoms. The summed E-state index contributed by atoms with van der Waals surface area (Å²) in [6.07, 6.45) is 4.43. The summed E-state index contributed by atoms with van der Waals surface area (Å²) in [5.41, 5.74) is 3.19. The van der Waals surface area contributed by atoms with Crippen molar-refractivity contribution in [2.45, 2.75) is 31.6 Å². The minimum atomic E-state index is -0.890. The van der Waals surface area contributed by atoms with Gasteiger partial charge in [-0.1, -0.05) is 12.1 Å². The third-order valence-corrected chi connectivity index (χ3v) is 6.15. The van der Waals surface area contributed by atoms with Crippen LogP contribution in [0.25, 0.3) is 11.1 Å². The zero-order chi connectivity index (χ0) is 22.1. The van der Waals surface area contributed by atoms with Crippen LogP contribution in [0.3, 0.4) is 0 Å². The molecule has 1 N–H and O–H groups in total. The normalized spacial score (nSPS) is 17.6. The summed E-state index contributed by atoms with van der Waals surface area (Å²) < 4.78 is 37.8. The predicted molar refractivity (Wildman–Crippen MR) is 113 cm³/mol. The van der Waals surface area contributed by atoms with E-state index in [1.807, 2.05) is 23.1 Å². The largest absolute Gasteiger partial charge is 0.454 e. The summed E-state index contributed by atoms with van der Waals surface area (Å²) in [7, 11) is 0. The fraction of sp³-hybridized carbons (Fsp3) is 0.333. The van der Waals surface area contributed by atoms with Gasteiger partial charge in [-0.15, -0.1) is 0 Å². The van der Waals surface area contributed by atoms with Crippen molar-refractivity contribution in [1.29, 1.82) is 0 Å². The number of rotatable bonds is 5. The highest BCUT2D eigenvalue weighted by atomic mass is 19.2. The summed E-state index contributed by atoms with van der Waals surface area (Å²) >= 11 is 0. The molecule has 0 aliphatic carbocycles. The Balaban J connectivity index is 1.25. The Morgan fingerprint density at radius 3 is 2.88 bits per heavy atom. The minimum Gasteiger partial charge on any atom is -0.454 e. The molecule has 0 unspecified atom stereocenters. The first-order valence-corrected chi connectivity index (χ1v) is 10.7. The SMILES string of the molecule is O=C(CCc1ccc2c(c1)OCO2)N1CCC[C@H](c2[nH]ncc2-c2ccc(F)c(F)c2)C1. The van der Waals surface area contributed by atoms with Crippen LogP contribution in [0.4, 0.5) is 8.78 Å². The third kappa shape index (κ3) is 4.04. The Hall–Kier alpha value is -3.42. The summed E-state index contributed by atoms with van der Waals surface area (Å²) in [6.45, 7) is 1.51. The molecule has 3 aromatic rings. The summed E-state index contributed by atoms with van der Waals surface area (Å²) in [5.74, 6) is -0.160. The highest BCUT2D eigenvalue weighted by Gasteiger charge is 2.28. The number of likely N-dealkylation sites (tertiary alicyclic amines) is 1. The first-order chi connectivity index (χ1) is 15.6. The lowest BCUT2D eigenvalue weighted by atomic mass is 9.90. The quantitative estimate of drug-likeness (QED) is 0.639. The maximum absolute atomic E-state index is 13.7. The number of H-pyrrole nitrogens is 1. The average molecular weight is 439 g/mol. The molecular formula is C24H23F2N3O3. The molecule has 1 amide bonds. The number of aromatic amines is 1. The topological polar surface area (TPSA) is 67.5 Å². The molecule has 166 valence electrons. The average Bonchev–Trinajstić information content (AvgIpc) is 3.48. The van der Waals surface area contributed by atoms with Gasteiger partial charge in [0, 0.05) is 36.7 Å².